The Morgan fingerprint density at radius 1 is 1.21 bits per heavy atom. The molecule has 0 radical (unpaired) electrons. The number of carbonyl (C=O) groups excluding carboxylic acids is 1. The van der Waals surface area contributed by atoms with E-state index in [0.717, 1.165) is 11.8 Å². The molecule has 3 rings (SSSR count). The van der Waals surface area contributed by atoms with Crippen molar-refractivity contribution in [3.05, 3.63) is 58.8 Å². The smallest absolute Gasteiger partial charge is 0.281 e. The van der Waals surface area contributed by atoms with Crippen LogP contribution in [0.25, 0.3) is 11.0 Å². The number of carbonyl (C=O) groups is 1. The summed E-state index contributed by atoms with van der Waals surface area (Å²) in [7, 11) is 0. The molecule has 94 valence electrons. The summed E-state index contributed by atoms with van der Waals surface area (Å²) in [5.74, 6) is 0.194. The number of fused-ring (bicyclic) bond motifs is 1. The third kappa shape index (κ3) is 2.30. The van der Waals surface area contributed by atoms with E-state index in [1.807, 2.05) is 6.07 Å². The first kappa shape index (κ1) is 11.7. The van der Waals surface area contributed by atoms with E-state index >= 15 is 0 Å². The molecule has 2 aromatic heterocycles. The van der Waals surface area contributed by atoms with Crippen LogP contribution in [0.3, 0.4) is 0 Å². The molecule has 0 atom stereocenters. The van der Waals surface area contributed by atoms with Crippen LogP contribution in [0.1, 0.15) is 10.6 Å². The lowest BCUT2D eigenvalue weighted by molar-refractivity contribution is 0.106. The zero-order valence-electron chi connectivity index (χ0n) is 9.62. The van der Waals surface area contributed by atoms with Crippen molar-refractivity contribution in [1.82, 2.24) is 9.97 Å². The van der Waals surface area contributed by atoms with Gasteiger partial charge in [0.05, 0.1) is 17.3 Å². The summed E-state index contributed by atoms with van der Waals surface area (Å²) in [6.07, 6.45) is 1.41. The topological polar surface area (TPSA) is 76.0 Å². The van der Waals surface area contributed by atoms with Crippen LogP contribution in [-0.4, -0.2) is 15.1 Å². The Balaban J connectivity index is 1.99. The van der Waals surface area contributed by atoms with Gasteiger partial charge in [0.1, 0.15) is 0 Å². The highest BCUT2D eigenvalue weighted by Crippen LogP contribution is 2.19. The molecule has 0 fully saturated rings. The lowest BCUT2D eigenvalue weighted by Gasteiger charge is -2.00. The Kier molecular flexibility index (Phi) is 2.92. The Bertz CT molecular complexity index is 793. The predicted molar refractivity (Wildman–Crippen MR) is 71.3 cm³/mol. The zero-order valence-corrected chi connectivity index (χ0v) is 10.4. The molecule has 3 aromatic rings. The number of furan rings is 1. The van der Waals surface area contributed by atoms with Crippen molar-refractivity contribution >= 4 is 27.9 Å². The molecular formula is C13H8N2O3S. The van der Waals surface area contributed by atoms with Crippen molar-refractivity contribution in [2.45, 2.75) is 5.03 Å². The molecule has 6 heteroatoms. The van der Waals surface area contributed by atoms with Crippen LogP contribution in [0.2, 0.25) is 0 Å². The highest BCUT2D eigenvalue weighted by Gasteiger charge is 2.15. The van der Waals surface area contributed by atoms with Gasteiger partial charge in [0.15, 0.2) is 10.8 Å². The van der Waals surface area contributed by atoms with Crippen molar-refractivity contribution in [1.29, 1.82) is 0 Å². The number of nitrogens with zero attached hydrogens (tertiary/aromatic N) is 1. The lowest BCUT2D eigenvalue weighted by Crippen LogP contribution is -2.12. The van der Waals surface area contributed by atoms with Gasteiger partial charge in [-0.25, -0.2) is 4.98 Å². The van der Waals surface area contributed by atoms with Gasteiger partial charge in [0, 0.05) is 0 Å². The molecule has 0 saturated heterocycles. The van der Waals surface area contributed by atoms with Crippen molar-refractivity contribution < 1.29 is 9.21 Å². The fraction of sp³-hybridized carbons (Fsp3) is 0. The van der Waals surface area contributed by atoms with E-state index < -0.39 is 0 Å². The summed E-state index contributed by atoms with van der Waals surface area (Å²) in [4.78, 5) is 30.5. The van der Waals surface area contributed by atoms with Gasteiger partial charge in [0.2, 0.25) is 0 Å². The molecule has 0 aliphatic heterocycles. The standard InChI is InChI=1S/C13H8N2O3S/c16-11-12(19-13(17)10-6-3-7-18-10)15-9-5-2-1-4-8(9)14-11/h1-7H,(H,14,16). The maximum Gasteiger partial charge on any atom is 0.281 e. The van der Waals surface area contributed by atoms with E-state index in [1.54, 1.807) is 30.3 Å². The number of para-hydroxylation sites is 2. The number of benzene rings is 1. The summed E-state index contributed by atoms with van der Waals surface area (Å²) >= 11 is 0.755. The fourth-order valence-electron chi connectivity index (χ4n) is 1.61. The Morgan fingerprint density at radius 3 is 2.84 bits per heavy atom. The second-order valence-electron chi connectivity index (χ2n) is 3.76. The second-order valence-corrected chi connectivity index (χ2v) is 4.72. The minimum Gasteiger partial charge on any atom is -0.460 e. The third-order valence-corrected chi connectivity index (χ3v) is 3.34. The molecule has 2 heterocycles. The number of aromatic nitrogens is 2. The highest BCUT2D eigenvalue weighted by atomic mass is 32.2. The number of hydrogen-bond acceptors (Lipinski definition) is 5. The van der Waals surface area contributed by atoms with Gasteiger partial charge in [-0.3, -0.25) is 9.59 Å². The first-order valence-electron chi connectivity index (χ1n) is 5.49. The molecule has 19 heavy (non-hydrogen) atoms. The van der Waals surface area contributed by atoms with Gasteiger partial charge in [0.25, 0.3) is 10.7 Å². The van der Waals surface area contributed by atoms with E-state index in [1.165, 1.54) is 6.26 Å². The number of nitrogens with one attached hydrogen (secondary N) is 1. The molecular weight excluding hydrogens is 264 g/mol. The average molecular weight is 272 g/mol. The molecule has 0 bridgehead atoms. The maximum absolute atomic E-state index is 11.8. The lowest BCUT2D eigenvalue weighted by atomic mass is 10.3. The Labute approximate surface area is 111 Å². The first-order chi connectivity index (χ1) is 9.24. The summed E-state index contributed by atoms with van der Waals surface area (Å²) in [5, 5.41) is -0.238. The van der Waals surface area contributed by atoms with Crippen LogP contribution >= 0.6 is 11.8 Å². The molecule has 1 N–H and O–H groups in total. The molecule has 0 aliphatic rings. The normalized spacial score (nSPS) is 10.7. The molecule has 0 aliphatic carbocycles. The maximum atomic E-state index is 11.8. The van der Waals surface area contributed by atoms with Crippen LogP contribution in [0.4, 0.5) is 0 Å². The number of rotatable bonds is 2. The summed E-state index contributed by atoms with van der Waals surface area (Å²) in [6.45, 7) is 0. The van der Waals surface area contributed by atoms with E-state index in [0.29, 0.717) is 11.0 Å². The van der Waals surface area contributed by atoms with E-state index in [2.05, 4.69) is 9.97 Å². The van der Waals surface area contributed by atoms with Gasteiger partial charge in [-0.2, -0.15) is 0 Å². The predicted octanol–water partition coefficient (Wildman–Crippen LogP) is 2.45. The number of aromatic amines is 1. The van der Waals surface area contributed by atoms with Gasteiger partial charge >= 0.3 is 0 Å². The fourth-order valence-corrected chi connectivity index (χ4v) is 2.29. The molecule has 0 unspecified atom stereocenters. The van der Waals surface area contributed by atoms with Crippen LogP contribution < -0.4 is 5.56 Å². The van der Waals surface area contributed by atoms with E-state index in [4.69, 9.17) is 4.42 Å². The summed E-state index contributed by atoms with van der Waals surface area (Å²) < 4.78 is 4.98. The monoisotopic (exact) mass is 272 g/mol. The van der Waals surface area contributed by atoms with Gasteiger partial charge in [-0.05, 0) is 36.0 Å². The van der Waals surface area contributed by atoms with Crippen molar-refractivity contribution in [2.75, 3.05) is 0 Å². The van der Waals surface area contributed by atoms with Crippen LogP contribution in [0, 0.1) is 0 Å². The Morgan fingerprint density at radius 2 is 2.05 bits per heavy atom. The molecule has 0 saturated carbocycles. The quantitative estimate of drug-likeness (QED) is 0.725. The molecule has 5 nitrogen and oxygen atoms in total. The van der Waals surface area contributed by atoms with Crippen molar-refractivity contribution in [2.24, 2.45) is 0 Å². The zero-order chi connectivity index (χ0) is 13.2. The van der Waals surface area contributed by atoms with Crippen LogP contribution in [0.5, 0.6) is 0 Å². The SMILES string of the molecule is O=C(Sc1nc2ccccc2[nH]c1=O)c1ccco1. The van der Waals surface area contributed by atoms with Gasteiger partial charge in [-0.1, -0.05) is 12.1 Å². The van der Waals surface area contributed by atoms with E-state index in [9.17, 15) is 9.59 Å². The minimum absolute atomic E-state index is 0.111. The van der Waals surface area contributed by atoms with Crippen molar-refractivity contribution in [3.63, 3.8) is 0 Å². The summed E-state index contributed by atoms with van der Waals surface area (Å²) in [5.41, 5.74) is 0.891. The Hall–Kier alpha value is -2.34. The second kappa shape index (κ2) is 4.74. The van der Waals surface area contributed by atoms with Crippen LogP contribution in [0.15, 0.2) is 56.9 Å². The van der Waals surface area contributed by atoms with Gasteiger partial charge in [-0.15, -0.1) is 0 Å². The largest absolute Gasteiger partial charge is 0.460 e. The number of H-pyrrole nitrogens is 1. The average Bonchev–Trinajstić information content (AvgIpc) is 2.93. The molecule has 0 amide bonds. The highest BCUT2D eigenvalue weighted by molar-refractivity contribution is 8.14. The van der Waals surface area contributed by atoms with E-state index in [-0.39, 0.29) is 21.5 Å². The number of thioether (sulfide) groups is 1. The first-order valence-corrected chi connectivity index (χ1v) is 6.30. The molecule has 0 spiro atoms. The van der Waals surface area contributed by atoms with Gasteiger partial charge < -0.3 is 9.40 Å². The third-order valence-electron chi connectivity index (χ3n) is 2.48. The number of hydrogen-bond donors (Lipinski definition) is 1. The molecule has 1 aromatic carbocycles. The van der Waals surface area contributed by atoms with Crippen molar-refractivity contribution in [3.8, 4) is 0 Å². The minimum atomic E-state index is -0.386. The van der Waals surface area contributed by atoms with Crippen LogP contribution in [-0.2, 0) is 0 Å². The summed E-state index contributed by atoms with van der Waals surface area (Å²) in [6, 6.07) is 10.3.